The molecular formula is C24H21F2N3O2. The zero-order chi connectivity index (χ0) is 22.3. The lowest BCUT2D eigenvalue weighted by Gasteiger charge is -2.22. The molecule has 0 spiro atoms. The maximum Gasteiger partial charge on any atom is 0.255 e. The highest BCUT2D eigenvalue weighted by molar-refractivity contribution is 5.99. The Hall–Kier alpha value is -3.48. The fourth-order valence-corrected chi connectivity index (χ4v) is 3.59. The predicted molar refractivity (Wildman–Crippen MR) is 112 cm³/mol. The third-order valence-electron chi connectivity index (χ3n) is 5.82. The highest BCUT2D eigenvalue weighted by Gasteiger charge is 2.29. The lowest BCUT2D eigenvalue weighted by atomic mass is 9.81. The summed E-state index contributed by atoms with van der Waals surface area (Å²) in [6.45, 7) is 5.46. The number of rotatable bonds is 5. The first-order valence-corrected chi connectivity index (χ1v) is 9.91. The van der Waals surface area contributed by atoms with Gasteiger partial charge < -0.3 is 5.32 Å². The molecule has 7 heteroatoms. The molecular weight excluding hydrogens is 400 g/mol. The Kier molecular flexibility index (Phi) is 5.13. The van der Waals surface area contributed by atoms with Crippen molar-refractivity contribution in [2.24, 2.45) is 0 Å². The lowest BCUT2D eigenvalue weighted by molar-refractivity contribution is -0.121. The predicted octanol–water partition coefficient (Wildman–Crippen LogP) is 4.12. The average molecular weight is 421 g/mol. The molecule has 0 radical (unpaired) electrons. The second-order valence-electron chi connectivity index (χ2n) is 8.15. The average Bonchev–Trinajstić information content (AvgIpc) is 3.09. The quantitative estimate of drug-likeness (QED) is 0.673. The van der Waals surface area contributed by atoms with Crippen LogP contribution in [0.4, 0.5) is 8.78 Å². The van der Waals surface area contributed by atoms with Crippen LogP contribution in [0, 0.1) is 11.6 Å². The molecule has 1 aromatic heterocycles. The molecule has 2 heterocycles. The van der Waals surface area contributed by atoms with Gasteiger partial charge >= 0.3 is 0 Å². The zero-order valence-electron chi connectivity index (χ0n) is 17.4. The number of ketones is 1. The van der Waals surface area contributed by atoms with Gasteiger partial charge in [0.25, 0.3) is 5.91 Å². The Balaban J connectivity index is 1.76. The van der Waals surface area contributed by atoms with Crippen molar-refractivity contribution in [3.05, 3.63) is 82.2 Å². The number of aromatic nitrogens is 2. The number of Topliss-reactive ketones (excluding diaryl/α,β-unsaturated/α-hetero) is 1. The minimum atomic E-state index is -0.765. The van der Waals surface area contributed by atoms with E-state index in [9.17, 15) is 18.4 Å². The van der Waals surface area contributed by atoms with E-state index in [-0.39, 0.29) is 36.0 Å². The molecule has 3 aromatic rings. The van der Waals surface area contributed by atoms with E-state index in [1.165, 1.54) is 6.07 Å². The number of carbonyl (C=O) groups is 2. The molecule has 0 fully saturated rings. The van der Waals surface area contributed by atoms with Crippen LogP contribution in [0.2, 0.25) is 0 Å². The summed E-state index contributed by atoms with van der Waals surface area (Å²) >= 11 is 0. The van der Waals surface area contributed by atoms with Crippen LogP contribution in [0.5, 0.6) is 0 Å². The van der Waals surface area contributed by atoms with Gasteiger partial charge in [0.2, 0.25) is 0 Å². The summed E-state index contributed by atoms with van der Waals surface area (Å²) in [7, 11) is 0. The van der Waals surface area contributed by atoms with Crippen LogP contribution in [0.25, 0.3) is 11.4 Å². The fraction of sp³-hybridized carbons (Fsp3) is 0.250. The zero-order valence-corrected chi connectivity index (χ0v) is 17.4. The van der Waals surface area contributed by atoms with Crippen LogP contribution in [0.1, 0.15) is 53.6 Å². The van der Waals surface area contributed by atoms with Crippen molar-refractivity contribution in [1.82, 2.24) is 15.3 Å². The van der Waals surface area contributed by atoms with Crippen LogP contribution in [-0.4, -0.2) is 21.7 Å². The third kappa shape index (κ3) is 3.71. The minimum Gasteiger partial charge on any atom is -0.346 e. The van der Waals surface area contributed by atoms with Crippen LogP contribution >= 0.6 is 0 Å². The number of hydrogen-bond acceptors (Lipinski definition) is 4. The molecule has 31 heavy (non-hydrogen) atoms. The molecule has 1 N–H and O–H groups in total. The summed E-state index contributed by atoms with van der Waals surface area (Å²) in [5.74, 6) is -1.87. The van der Waals surface area contributed by atoms with Gasteiger partial charge in [-0.3, -0.25) is 9.59 Å². The van der Waals surface area contributed by atoms with Crippen LogP contribution in [0.15, 0.2) is 42.5 Å². The van der Waals surface area contributed by atoms with Crippen molar-refractivity contribution in [3.8, 4) is 11.4 Å². The monoisotopic (exact) mass is 421 g/mol. The molecule has 1 aliphatic rings. The number of benzene rings is 2. The molecule has 1 aliphatic heterocycles. The molecule has 0 bridgehead atoms. The normalized spacial score (nSPS) is 13.1. The number of nitrogens with zero attached hydrogens (tertiary/aromatic N) is 2. The maximum absolute atomic E-state index is 14.3. The summed E-state index contributed by atoms with van der Waals surface area (Å²) in [6.07, 6.45) is 0.280. The summed E-state index contributed by atoms with van der Waals surface area (Å²) in [6, 6.07) is 11.0. The SMILES string of the molecule is CC(=O)C(C)(C)c1ccc(Cc2nc(-c3c(F)cccc3F)nc3c2C(=O)NC3)cc1. The first kappa shape index (κ1) is 20.8. The number of carbonyl (C=O) groups excluding carboxylic acids is 2. The van der Waals surface area contributed by atoms with Crippen LogP contribution < -0.4 is 5.32 Å². The molecule has 1 amide bonds. The number of fused-ring (bicyclic) bond motifs is 1. The van der Waals surface area contributed by atoms with Gasteiger partial charge in [0.1, 0.15) is 17.4 Å². The van der Waals surface area contributed by atoms with E-state index in [4.69, 9.17) is 0 Å². The summed E-state index contributed by atoms with van der Waals surface area (Å²) in [4.78, 5) is 32.9. The van der Waals surface area contributed by atoms with Gasteiger partial charge in [0.05, 0.1) is 29.1 Å². The van der Waals surface area contributed by atoms with Crippen molar-refractivity contribution in [2.45, 2.75) is 39.2 Å². The smallest absolute Gasteiger partial charge is 0.255 e. The second-order valence-corrected chi connectivity index (χ2v) is 8.15. The topological polar surface area (TPSA) is 72.0 Å². The van der Waals surface area contributed by atoms with E-state index in [1.807, 2.05) is 38.1 Å². The number of nitrogens with one attached hydrogen (secondary N) is 1. The van der Waals surface area contributed by atoms with Crippen LogP contribution in [-0.2, 0) is 23.2 Å². The molecule has 4 rings (SSSR count). The van der Waals surface area contributed by atoms with Crippen molar-refractivity contribution >= 4 is 11.7 Å². The van der Waals surface area contributed by atoms with Gasteiger partial charge in [0.15, 0.2) is 5.82 Å². The van der Waals surface area contributed by atoms with E-state index in [1.54, 1.807) is 6.92 Å². The van der Waals surface area contributed by atoms with Gasteiger partial charge in [-0.15, -0.1) is 0 Å². The van der Waals surface area contributed by atoms with Gasteiger partial charge in [0, 0.05) is 11.8 Å². The maximum atomic E-state index is 14.3. The van der Waals surface area contributed by atoms with E-state index in [0.717, 1.165) is 23.3 Å². The standard InChI is InChI=1S/C24H21F2N3O2/c1-13(30)24(2,3)15-9-7-14(8-10-15)11-18-21-19(12-27-23(21)31)29-22(28-18)20-16(25)5-4-6-17(20)26/h4-10H,11-12H2,1-3H3,(H,27,31). The van der Waals surface area contributed by atoms with Crippen LogP contribution in [0.3, 0.4) is 0 Å². The van der Waals surface area contributed by atoms with E-state index >= 15 is 0 Å². The fourth-order valence-electron chi connectivity index (χ4n) is 3.59. The Morgan fingerprint density at radius 1 is 1.03 bits per heavy atom. The Labute approximate surface area is 178 Å². The van der Waals surface area contributed by atoms with Crippen molar-refractivity contribution < 1.29 is 18.4 Å². The summed E-state index contributed by atoms with van der Waals surface area (Å²) in [5.41, 5.74) is 1.97. The molecule has 0 saturated carbocycles. The molecule has 2 aromatic carbocycles. The van der Waals surface area contributed by atoms with Crippen molar-refractivity contribution in [1.29, 1.82) is 0 Å². The summed E-state index contributed by atoms with van der Waals surface area (Å²) < 4.78 is 28.6. The number of halogens is 2. The Morgan fingerprint density at radius 2 is 1.68 bits per heavy atom. The first-order valence-electron chi connectivity index (χ1n) is 9.91. The molecule has 0 saturated heterocycles. The Bertz CT molecular complexity index is 1180. The lowest BCUT2D eigenvalue weighted by Crippen LogP contribution is -2.26. The van der Waals surface area contributed by atoms with Gasteiger partial charge in [-0.1, -0.05) is 30.3 Å². The minimum absolute atomic E-state index is 0.0575. The number of amides is 1. The molecule has 0 atom stereocenters. The Morgan fingerprint density at radius 3 is 2.29 bits per heavy atom. The molecule has 0 aliphatic carbocycles. The van der Waals surface area contributed by atoms with E-state index in [0.29, 0.717) is 17.0 Å². The molecule has 158 valence electrons. The molecule has 5 nitrogen and oxygen atoms in total. The largest absolute Gasteiger partial charge is 0.346 e. The van der Waals surface area contributed by atoms with Crippen molar-refractivity contribution in [2.75, 3.05) is 0 Å². The van der Waals surface area contributed by atoms with Gasteiger partial charge in [-0.25, -0.2) is 18.7 Å². The third-order valence-corrected chi connectivity index (χ3v) is 5.82. The van der Waals surface area contributed by atoms with Crippen molar-refractivity contribution in [3.63, 3.8) is 0 Å². The highest BCUT2D eigenvalue weighted by atomic mass is 19.1. The first-order chi connectivity index (χ1) is 14.7. The van der Waals surface area contributed by atoms with E-state index < -0.39 is 17.0 Å². The van der Waals surface area contributed by atoms with E-state index in [2.05, 4.69) is 15.3 Å². The second kappa shape index (κ2) is 7.65. The highest BCUT2D eigenvalue weighted by Crippen LogP contribution is 2.29. The van der Waals surface area contributed by atoms with Gasteiger partial charge in [-0.2, -0.15) is 0 Å². The van der Waals surface area contributed by atoms with Gasteiger partial charge in [-0.05, 0) is 44.0 Å². The molecule has 0 unspecified atom stereocenters. The number of hydrogen-bond donors (Lipinski definition) is 1. The summed E-state index contributed by atoms with van der Waals surface area (Å²) in [5, 5.41) is 2.69.